The van der Waals surface area contributed by atoms with Crippen molar-refractivity contribution >= 4 is 11.7 Å². The molecule has 0 spiro atoms. The summed E-state index contributed by atoms with van der Waals surface area (Å²) in [5, 5.41) is 9.20. The monoisotopic (exact) mass is 350 g/mol. The molecule has 136 valence electrons. The van der Waals surface area contributed by atoms with Crippen LogP contribution in [0.5, 0.6) is 0 Å². The highest BCUT2D eigenvalue weighted by Gasteiger charge is 2.25. The topological polar surface area (TPSA) is 43.8 Å². The SMILES string of the molecule is O=C(O)c1ccc2c(c1)CCN(CC1CCN(c3ccccc3)C1)CC2. The Kier molecular flexibility index (Phi) is 4.93. The molecule has 2 heterocycles. The van der Waals surface area contributed by atoms with Gasteiger partial charge in [-0.15, -0.1) is 0 Å². The highest BCUT2D eigenvalue weighted by atomic mass is 16.4. The van der Waals surface area contributed by atoms with Crippen molar-refractivity contribution in [2.45, 2.75) is 19.3 Å². The third-order valence-electron chi connectivity index (χ3n) is 5.77. The molecule has 1 saturated heterocycles. The van der Waals surface area contributed by atoms with Gasteiger partial charge in [0.15, 0.2) is 0 Å². The second-order valence-electron chi connectivity index (χ2n) is 7.53. The Labute approximate surface area is 155 Å². The third-order valence-corrected chi connectivity index (χ3v) is 5.77. The summed E-state index contributed by atoms with van der Waals surface area (Å²) >= 11 is 0. The first kappa shape index (κ1) is 17.1. The van der Waals surface area contributed by atoms with Crippen LogP contribution in [0.25, 0.3) is 0 Å². The number of hydrogen-bond acceptors (Lipinski definition) is 3. The van der Waals surface area contributed by atoms with Crippen LogP contribution in [0.3, 0.4) is 0 Å². The normalized spacial score (nSPS) is 20.6. The lowest BCUT2D eigenvalue weighted by Gasteiger charge is -2.24. The van der Waals surface area contributed by atoms with Crippen LogP contribution < -0.4 is 4.90 Å². The number of aromatic carboxylic acids is 1. The van der Waals surface area contributed by atoms with Crippen LogP contribution in [0.2, 0.25) is 0 Å². The van der Waals surface area contributed by atoms with E-state index in [1.54, 1.807) is 6.07 Å². The van der Waals surface area contributed by atoms with Gasteiger partial charge >= 0.3 is 5.97 Å². The van der Waals surface area contributed by atoms with E-state index in [1.807, 2.05) is 12.1 Å². The Balaban J connectivity index is 1.35. The van der Waals surface area contributed by atoms with Gasteiger partial charge in [-0.05, 0) is 60.6 Å². The van der Waals surface area contributed by atoms with Crippen molar-refractivity contribution in [3.05, 3.63) is 65.2 Å². The lowest BCUT2D eigenvalue weighted by molar-refractivity contribution is 0.0696. The maximum Gasteiger partial charge on any atom is 0.335 e. The fraction of sp³-hybridized carbons (Fsp3) is 0.409. The summed E-state index contributed by atoms with van der Waals surface area (Å²) in [7, 11) is 0. The van der Waals surface area contributed by atoms with E-state index in [0.29, 0.717) is 11.5 Å². The minimum Gasteiger partial charge on any atom is -0.478 e. The number of fused-ring (bicyclic) bond motifs is 1. The van der Waals surface area contributed by atoms with Crippen LogP contribution in [-0.4, -0.2) is 48.7 Å². The molecule has 1 atom stereocenters. The van der Waals surface area contributed by atoms with Crippen molar-refractivity contribution in [1.82, 2.24) is 4.90 Å². The molecule has 0 aromatic heterocycles. The predicted octanol–water partition coefficient (Wildman–Crippen LogP) is 3.31. The van der Waals surface area contributed by atoms with Crippen molar-refractivity contribution in [3.8, 4) is 0 Å². The largest absolute Gasteiger partial charge is 0.478 e. The standard InChI is InChI=1S/C22H26N2O2/c25-22(26)20-7-6-18-9-11-23(12-10-19(18)14-20)15-17-8-13-24(16-17)21-4-2-1-3-5-21/h1-7,14,17H,8-13,15-16H2,(H,25,26). The zero-order valence-electron chi connectivity index (χ0n) is 15.1. The third kappa shape index (κ3) is 3.75. The highest BCUT2D eigenvalue weighted by Crippen LogP contribution is 2.25. The average molecular weight is 350 g/mol. The zero-order chi connectivity index (χ0) is 17.9. The lowest BCUT2D eigenvalue weighted by atomic mass is 10.0. The first-order valence-electron chi connectivity index (χ1n) is 9.56. The quantitative estimate of drug-likeness (QED) is 0.919. The smallest absolute Gasteiger partial charge is 0.335 e. The van der Waals surface area contributed by atoms with E-state index >= 15 is 0 Å². The van der Waals surface area contributed by atoms with E-state index in [9.17, 15) is 9.90 Å². The molecule has 1 fully saturated rings. The molecule has 2 aliphatic rings. The number of carboxylic acids is 1. The number of nitrogens with zero attached hydrogens (tertiary/aromatic N) is 2. The van der Waals surface area contributed by atoms with Crippen molar-refractivity contribution in [1.29, 1.82) is 0 Å². The van der Waals surface area contributed by atoms with Gasteiger partial charge in [-0.3, -0.25) is 0 Å². The number of para-hydroxylation sites is 1. The first-order chi connectivity index (χ1) is 12.7. The number of hydrogen-bond donors (Lipinski definition) is 1. The minimum absolute atomic E-state index is 0.409. The maximum atomic E-state index is 11.2. The van der Waals surface area contributed by atoms with Crippen LogP contribution >= 0.6 is 0 Å². The Morgan fingerprint density at radius 1 is 1.00 bits per heavy atom. The van der Waals surface area contributed by atoms with Gasteiger partial charge in [0.2, 0.25) is 0 Å². The van der Waals surface area contributed by atoms with Crippen LogP contribution in [0.4, 0.5) is 5.69 Å². The second kappa shape index (κ2) is 7.50. The van der Waals surface area contributed by atoms with Gasteiger partial charge in [-0.2, -0.15) is 0 Å². The summed E-state index contributed by atoms with van der Waals surface area (Å²) < 4.78 is 0. The van der Waals surface area contributed by atoms with Gasteiger partial charge in [0.1, 0.15) is 0 Å². The summed E-state index contributed by atoms with van der Waals surface area (Å²) in [6.45, 7) is 5.52. The van der Waals surface area contributed by atoms with Gasteiger partial charge in [0.05, 0.1) is 5.56 Å². The van der Waals surface area contributed by atoms with Gasteiger partial charge in [-0.25, -0.2) is 4.79 Å². The second-order valence-corrected chi connectivity index (χ2v) is 7.53. The van der Waals surface area contributed by atoms with Crippen LogP contribution in [0.15, 0.2) is 48.5 Å². The maximum absolute atomic E-state index is 11.2. The number of carboxylic acid groups (broad SMARTS) is 1. The van der Waals surface area contributed by atoms with Gasteiger partial charge < -0.3 is 14.9 Å². The Morgan fingerprint density at radius 2 is 1.77 bits per heavy atom. The number of rotatable bonds is 4. The predicted molar refractivity (Wildman–Crippen MR) is 104 cm³/mol. The van der Waals surface area contributed by atoms with E-state index in [1.165, 1.54) is 23.2 Å². The number of benzene rings is 2. The molecule has 2 aromatic carbocycles. The molecule has 2 aliphatic heterocycles. The molecule has 0 aliphatic carbocycles. The number of carbonyl (C=O) groups is 1. The molecule has 4 rings (SSSR count). The minimum atomic E-state index is -0.833. The van der Waals surface area contributed by atoms with Crippen molar-refractivity contribution in [2.24, 2.45) is 5.92 Å². The van der Waals surface area contributed by atoms with Gasteiger partial charge in [0, 0.05) is 38.4 Å². The average Bonchev–Trinajstić information content (AvgIpc) is 3.04. The van der Waals surface area contributed by atoms with E-state index in [4.69, 9.17) is 0 Å². The van der Waals surface area contributed by atoms with Crippen molar-refractivity contribution in [2.75, 3.05) is 37.6 Å². The van der Waals surface area contributed by atoms with E-state index in [0.717, 1.165) is 45.6 Å². The summed E-state index contributed by atoms with van der Waals surface area (Å²) in [6, 6.07) is 16.3. The van der Waals surface area contributed by atoms with Crippen LogP contribution in [-0.2, 0) is 12.8 Å². The summed E-state index contributed by atoms with van der Waals surface area (Å²) in [4.78, 5) is 16.3. The Morgan fingerprint density at radius 3 is 2.54 bits per heavy atom. The molecule has 26 heavy (non-hydrogen) atoms. The van der Waals surface area contributed by atoms with E-state index < -0.39 is 5.97 Å². The van der Waals surface area contributed by atoms with Crippen molar-refractivity contribution in [3.63, 3.8) is 0 Å². The zero-order valence-corrected chi connectivity index (χ0v) is 15.1. The van der Waals surface area contributed by atoms with Crippen LogP contribution in [0, 0.1) is 5.92 Å². The first-order valence-corrected chi connectivity index (χ1v) is 9.56. The Hall–Kier alpha value is -2.33. The molecule has 4 heteroatoms. The fourth-order valence-electron chi connectivity index (χ4n) is 4.31. The summed E-state index contributed by atoms with van der Waals surface area (Å²) in [5.74, 6) is -0.119. The molecule has 1 N–H and O–H groups in total. The van der Waals surface area contributed by atoms with Crippen molar-refractivity contribution < 1.29 is 9.90 Å². The molecular weight excluding hydrogens is 324 g/mol. The molecule has 0 saturated carbocycles. The molecule has 2 aromatic rings. The molecular formula is C22H26N2O2. The summed E-state index contributed by atoms with van der Waals surface area (Å²) in [5.41, 5.74) is 4.27. The molecule has 1 unspecified atom stereocenters. The molecule has 0 radical (unpaired) electrons. The van der Waals surface area contributed by atoms with Gasteiger partial charge in [-0.1, -0.05) is 24.3 Å². The van der Waals surface area contributed by atoms with Gasteiger partial charge in [0.25, 0.3) is 0 Å². The van der Waals surface area contributed by atoms with E-state index in [-0.39, 0.29) is 0 Å². The van der Waals surface area contributed by atoms with Crippen LogP contribution in [0.1, 0.15) is 27.9 Å². The summed E-state index contributed by atoms with van der Waals surface area (Å²) in [6.07, 6.45) is 3.22. The fourth-order valence-corrected chi connectivity index (χ4v) is 4.31. The Bertz CT molecular complexity index is 775. The molecule has 0 amide bonds. The lowest BCUT2D eigenvalue weighted by Crippen LogP contribution is -2.33. The highest BCUT2D eigenvalue weighted by molar-refractivity contribution is 5.87. The molecule has 0 bridgehead atoms. The van der Waals surface area contributed by atoms with E-state index in [2.05, 4.69) is 40.1 Å². The number of anilines is 1. The molecule has 4 nitrogen and oxygen atoms in total.